The number of halogens is 1. The van der Waals surface area contributed by atoms with Gasteiger partial charge in [0.1, 0.15) is 0 Å². The lowest BCUT2D eigenvalue weighted by Gasteiger charge is -2.04. The molecule has 1 heterocycles. The summed E-state index contributed by atoms with van der Waals surface area (Å²) in [7, 11) is 0. The Morgan fingerprint density at radius 1 is 1.47 bits per heavy atom. The summed E-state index contributed by atoms with van der Waals surface area (Å²) in [5.41, 5.74) is 1.32. The summed E-state index contributed by atoms with van der Waals surface area (Å²) in [6.45, 7) is 1.75. The van der Waals surface area contributed by atoms with E-state index in [1.165, 1.54) is 6.07 Å². The van der Waals surface area contributed by atoms with Gasteiger partial charge in [-0.2, -0.15) is 0 Å². The molecule has 2 aromatic rings. The zero-order valence-electron chi connectivity index (χ0n) is 7.99. The van der Waals surface area contributed by atoms with Crippen molar-refractivity contribution >= 4 is 28.5 Å². The molecule has 0 aliphatic rings. The molecule has 1 aromatic heterocycles. The highest BCUT2D eigenvalue weighted by molar-refractivity contribution is 6.31. The van der Waals surface area contributed by atoms with Crippen LogP contribution in [0.15, 0.2) is 24.3 Å². The van der Waals surface area contributed by atoms with Gasteiger partial charge in [0.25, 0.3) is 0 Å². The average molecular weight is 222 g/mol. The standard InChI is InChI=1S/C11H8ClNO2/c1-6-9(12)5-7-3-2-4-8(11(14)15)10(7)13-6/h2-5H,1H3,(H,14,15). The summed E-state index contributed by atoms with van der Waals surface area (Å²) in [6, 6.07) is 6.73. The summed E-state index contributed by atoms with van der Waals surface area (Å²) in [5.74, 6) is -0.977. The van der Waals surface area contributed by atoms with E-state index in [0.717, 1.165) is 5.39 Å². The fourth-order valence-corrected chi connectivity index (χ4v) is 1.60. The van der Waals surface area contributed by atoms with Crippen LogP contribution in [-0.2, 0) is 0 Å². The van der Waals surface area contributed by atoms with Gasteiger partial charge in [0.15, 0.2) is 0 Å². The van der Waals surface area contributed by atoms with Gasteiger partial charge >= 0.3 is 5.97 Å². The minimum atomic E-state index is -0.977. The predicted molar refractivity (Wildman–Crippen MR) is 58.4 cm³/mol. The minimum Gasteiger partial charge on any atom is -0.478 e. The van der Waals surface area contributed by atoms with Crippen molar-refractivity contribution in [3.63, 3.8) is 0 Å². The number of nitrogens with zero attached hydrogens (tertiary/aromatic N) is 1. The molecule has 0 amide bonds. The van der Waals surface area contributed by atoms with Crippen molar-refractivity contribution in [1.82, 2.24) is 4.98 Å². The van der Waals surface area contributed by atoms with Gasteiger partial charge in [-0.25, -0.2) is 4.79 Å². The summed E-state index contributed by atoms with van der Waals surface area (Å²) in [6.07, 6.45) is 0. The number of pyridine rings is 1. The van der Waals surface area contributed by atoms with E-state index < -0.39 is 5.97 Å². The first-order valence-corrected chi connectivity index (χ1v) is 4.76. The van der Waals surface area contributed by atoms with Crippen molar-refractivity contribution in [3.05, 3.63) is 40.5 Å². The number of benzene rings is 1. The Labute approximate surface area is 91.3 Å². The molecular weight excluding hydrogens is 214 g/mol. The second kappa shape index (κ2) is 3.51. The summed E-state index contributed by atoms with van der Waals surface area (Å²) >= 11 is 5.91. The van der Waals surface area contributed by atoms with Crippen LogP contribution in [0.25, 0.3) is 10.9 Å². The first-order valence-electron chi connectivity index (χ1n) is 4.39. The van der Waals surface area contributed by atoms with Gasteiger partial charge < -0.3 is 5.11 Å². The van der Waals surface area contributed by atoms with Crippen LogP contribution < -0.4 is 0 Å². The van der Waals surface area contributed by atoms with Crippen LogP contribution in [-0.4, -0.2) is 16.1 Å². The van der Waals surface area contributed by atoms with E-state index in [4.69, 9.17) is 16.7 Å². The van der Waals surface area contributed by atoms with Crippen LogP contribution in [0.4, 0.5) is 0 Å². The maximum atomic E-state index is 10.9. The molecule has 0 radical (unpaired) electrons. The van der Waals surface area contributed by atoms with Gasteiger partial charge in [0.05, 0.1) is 21.8 Å². The number of carbonyl (C=O) groups is 1. The Morgan fingerprint density at radius 2 is 2.20 bits per heavy atom. The van der Waals surface area contributed by atoms with Gasteiger partial charge in [0.2, 0.25) is 0 Å². The lowest BCUT2D eigenvalue weighted by atomic mass is 10.1. The monoisotopic (exact) mass is 221 g/mol. The van der Waals surface area contributed by atoms with E-state index in [0.29, 0.717) is 16.2 Å². The summed E-state index contributed by atoms with van der Waals surface area (Å²) < 4.78 is 0. The number of para-hydroxylation sites is 1. The normalized spacial score (nSPS) is 10.5. The molecule has 0 aliphatic carbocycles. The third-order valence-corrected chi connectivity index (χ3v) is 2.59. The molecule has 0 atom stereocenters. The van der Waals surface area contributed by atoms with Crippen molar-refractivity contribution in [2.75, 3.05) is 0 Å². The van der Waals surface area contributed by atoms with Gasteiger partial charge in [0, 0.05) is 5.39 Å². The molecule has 4 heteroatoms. The molecule has 15 heavy (non-hydrogen) atoms. The SMILES string of the molecule is Cc1nc2c(C(=O)O)cccc2cc1Cl. The first kappa shape index (κ1) is 9.93. The molecule has 1 aromatic carbocycles. The van der Waals surface area contributed by atoms with Crippen LogP contribution >= 0.6 is 11.6 Å². The lowest BCUT2D eigenvalue weighted by Crippen LogP contribution is -1.99. The molecule has 0 aliphatic heterocycles. The number of aryl methyl sites for hydroxylation is 1. The number of carboxylic acid groups (broad SMARTS) is 1. The van der Waals surface area contributed by atoms with E-state index >= 15 is 0 Å². The van der Waals surface area contributed by atoms with Crippen LogP contribution in [0, 0.1) is 6.92 Å². The molecule has 0 fully saturated rings. The van der Waals surface area contributed by atoms with E-state index in [9.17, 15) is 4.79 Å². The molecule has 0 unspecified atom stereocenters. The van der Waals surface area contributed by atoms with Crippen LogP contribution in [0.2, 0.25) is 5.02 Å². The fraction of sp³-hybridized carbons (Fsp3) is 0.0909. The van der Waals surface area contributed by atoms with Crippen molar-refractivity contribution in [2.24, 2.45) is 0 Å². The minimum absolute atomic E-state index is 0.201. The maximum absolute atomic E-state index is 10.9. The topological polar surface area (TPSA) is 50.2 Å². The molecule has 76 valence electrons. The van der Waals surface area contributed by atoms with Gasteiger partial charge in [-0.15, -0.1) is 0 Å². The van der Waals surface area contributed by atoms with E-state index in [2.05, 4.69) is 4.98 Å². The quantitative estimate of drug-likeness (QED) is 0.806. The highest BCUT2D eigenvalue weighted by Crippen LogP contribution is 2.22. The maximum Gasteiger partial charge on any atom is 0.337 e. The van der Waals surface area contributed by atoms with Gasteiger partial charge in [-0.1, -0.05) is 23.7 Å². The van der Waals surface area contributed by atoms with Crippen molar-refractivity contribution in [2.45, 2.75) is 6.92 Å². The van der Waals surface area contributed by atoms with Crippen LogP contribution in [0.3, 0.4) is 0 Å². The zero-order valence-corrected chi connectivity index (χ0v) is 8.75. The third-order valence-electron chi connectivity index (χ3n) is 2.21. The van der Waals surface area contributed by atoms with Crippen molar-refractivity contribution in [3.8, 4) is 0 Å². The molecule has 0 saturated heterocycles. The van der Waals surface area contributed by atoms with Crippen molar-refractivity contribution in [1.29, 1.82) is 0 Å². The average Bonchev–Trinajstić information content (AvgIpc) is 2.18. The summed E-state index contributed by atoms with van der Waals surface area (Å²) in [4.78, 5) is 15.1. The van der Waals surface area contributed by atoms with E-state index in [1.54, 1.807) is 25.1 Å². The Bertz CT molecular complexity index is 552. The number of aromatic carboxylic acids is 1. The molecule has 2 rings (SSSR count). The van der Waals surface area contributed by atoms with Crippen LogP contribution in [0.1, 0.15) is 16.1 Å². The number of fused-ring (bicyclic) bond motifs is 1. The molecule has 1 N–H and O–H groups in total. The Morgan fingerprint density at radius 3 is 2.87 bits per heavy atom. The molecule has 0 saturated carbocycles. The zero-order chi connectivity index (χ0) is 11.0. The highest BCUT2D eigenvalue weighted by Gasteiger charge is 2.10. The molecule has 0 spiro atoms. The van der Waals surface area contributed by atoms with Gasteiger partial charge in [-0.05, 0) is 19.1 Å². The highest BCUT2D eigenvalue weighted by atomic mass is 35.5. The second-order valence-electron chi connectivity index (χ2n) is 3.24. The largest absolute Gasteiger partial charge is 0.478 e. The Balaban J connectivity index is 2.86. The number of aromatic nitrogens is 1. The third kappa shape index (κ3) is 1.66. The summed E-state index contributed by atoms with van der Waals surface area (Å²) in [5, 5.41) is 10.3. The van der Waals surface area contributed by atoms with Gasteiger partial charge in [-0.3, -0.25) is 4.98 Å². The lowest BCUT2D eigenvalue weighted by molar-refractivity contribution is 0.0699. The number of rotatable bonds is 1. The fourth-order valence-electron chi connectivity index (χ4n) is 1.44. The Hall–Kier alpha value is -1.61. The number of hydrogen-bond acceptors (Lipinski definition) is 2. The smallest absolute Gasteiger partial charge is 0.337 e. The number of carboxylic acids is 1. The van der Waals surface area contributed by atoms with E-state index in [1.807, 2.05) is 0 Å². The second-order valence-corrected chi connectivity index (χ2v) is 3.65. The molecule has 0 bridgehead atoms. The molecular formula is C11H8ClNO2. The number of hydrogen-bond donors (Lipinski definition) is 1. The first-order chi connectivity index (χ1) is 7.09. The van der Waals surface area contributed by atoms with E-state index in [-0.39, 0.29) is 5.56 Å². The molecule has 3 nitrogen and oxygen atoms in total. The van der Waals surface area contributed by atoms with Crippen LogP contribution in [0.5, 0.6) is 0 Å². The predicted octanol–water partition coefficient (Wildman–Crippen LogP) is 2.89. The van der Waals surface area contributed by atoms with Crippen molar-refractivity contribution < 1.29 is 9.90 Å². The Kier molecular flexibility index (Phi) is 2.32.